The van der Waals surface area contributed by atoms with E-state index < -0.39 is 0 Å². The van der Waals surface area contributed by atoms with Crippen molar-refractivity contribution in [2.24, 2.45) is 0 Å². The largest absolute Gasteiger partial charge is 0.378 e. The summed E-state index contributed by atoms with van der Waals surface area (Å²) in [5.41, 5.74) is 6.77. The number of hydrogen-bond donors (Lipinski definition) is 0. The van der Waals surface area contributed by atoms with E-state index in [0.29, 0.717) is 5.56 Å². The Morgan fingerprint density at radius 1 is 0.733 bits per heavy atom. The zero-order valence-corrected chi connectivity index (χ0v) is 18.3. The first-order chi connectivity index (χ1) is 14.4. The first-order valence-corrected chi connectivity index (χ1v) is 10.2. The summed E-state index contributed by atoms with van der Waals surface area (Å²) in [5, 5.41) is 0. The minimum absolute atomic E-state index is 0.0240. The van der Waals surface area contributed by atoms with Gasteiger partial charge in [0, 0.05) is 51.7 Å². The highest BCUT2D eigenvalue weighted by Crippen LogP contribution is 2.50. The summed E-state index contributed by atoms with van der Waals surface area (Å²) < 4.78 is 0. The molecule has 0 unspecified atom stereocenters. The van der Waals surface area contributed by atoms with Crippen LogP contribution in [0.15, 0.2) is 66.7 Å². The van der Waals surface area contributed by atoms with Gasteiger partial charge in [-0.3, -0.25) is 9.69 Å². The lowest BCUT2D eigenvalue weighted by molar-refractivity contribution is 0.0999. The molecule has 5 nitrogen and oxygen atoms in total. The predicted molar refractivity (Wildman–Crippen MR) is 127 cm³/mol. The van der Waals surface area contributed by atoms with Crippen LogP contribution < -0.4 is 19.6 Å². The number of nitrogens with zero attached hydrogens (tertiary/aromatic N) is 4. The molecule has 1 heterocycles. The third-order valence-corrected chi connectivity index (χ3v) is 5.55. The van der Waals surface area contributed by atoms with Crippen molar-refractivity contribution in [3.63, 3.8) is 0 Å². The summed E-state index contributed by atoms with van der Waals surface area (Å²) in [5.74, 6) is -0.0240. The Morgan fingerprint density at radius 3 is 1.67 bits per heavy atom. The summed E-state index contributed by atoms with van der Waals surface area (Å²) in [6.07, 6.45) is 0. The Kier molecular flexibility index (Phi) is 5.12. The van der Waals surface area contributed by atoms with E-state index >= 15 is 0 Å². The monoisotopic (exact) mass is 400 g/mol. The lowest BCUT2D eigenvalue weighted by Gasteiger charge is -2.40. The second-order valence-corrected chi connectivity index (χ2v) is 7.89. The van der Waals surface area contributed by atoms with Crippen LogP contribution in [0.4, 0.5) is 34.1 Å². The Morgan fingerprint density at radius 2 is 1.23 bits per heavy atom. The number of fused-ring (bicyclic) bond motifs is 2. The van der Waals surface area contributed by atoms with Crippen LogP contribution in [-0.4, -0.2) is 40.6 Å². The van der Waals surface area contributed by atoms with Crippen LogP contribution in [0.5, 0.6) is 0 Å². The molecule has 1 aliphatic rings. The SMILES string of the molecule is CCN1c2cc(N(C)C)ccc2N(C(=O)c2ccccc2)c2ccc(N(C)C)cc21. The number of anilines is 6. The van der Waals surface area contributed by atoms with Crippen molar-refractivity contribution in [1.29, 1.82) is 0 Å². The van der Waals surface area contributed by atoms with Gasteiger partial charge in [-0.05, 0) is 55.5 Å². The van der Waals surface area contributed by atoms with E-state index in [1.54, 1.807) is 0 Å². The number of rotatable bonds is 4. The lowest BCUT2D eigenvalue weighted by Crippen LogP contribution is -2.34. The summed E-state index contributed by atoms with van der Waals surface area (Å²) in [4.78, 5) is 22.0. The van der Waals surface area contributed by atoms with Crippen molar-refractivity contribution >= 4 is 40.0 Å². The summed E-state index contributed by atoms with van der Waals surface area (Å²) in [6, 6.07) is 22.0. The molecule has 0 atom stereocenters. The zero-order valence-electron chi connectivity index (χ0n) is 18.3. The van der Waals surface area contributed by atoms with E-state index in [1.165, 1.54) is 0 Å². The van der Waals surface area contributed by atoms with Gasteiger partial charge >= 0.3 is 0 Å². The quantitative estimate of drug-likeness (QED) is 0.597. The molecule has 0 N–H and O–H groups in total. The third kappa shape index (κ3) is 3.26. The van der Waals surface area contributed by atoms with Crippen molar-refractivity contribution in [3.05, 3.63) is 72.3 Å². The molecule has 0 aliphatic carbocycles. The van der Waals surface area contributed by atoms with E-state index in [4.69, 9.17) is 0 Å². The van der Waals surface area contributed by atoms with Gasteiger partial charge < -0.3 is 14.7 Å². The summed E-state index contributed by atoms with van der Waals surface area (Å²) in [6.45, 7) is 2.95. The second-order valence-electron chi connectivity index (χ2n) is 7.89. The average molecular weight is 401 g/mol. The van der Waals surface area contributed by atoms with Gasteiger partial charge in [0.25, 0.3) is 5.91 Å². The van der Waals surface area contributed by atoms with Crippen molar-refractivity contribution in [3.8, 4) is 0 Å². The molecule has 0 aromatic heterocycles. The minimum Gasteiger partial charge on any atom is -0.378 e. The van der Waals surface area contributed by atoms with Gasteiger partial charge in [-0.25, -0.2) is 0 Å². The molecule has 3 aromatic rings. The van der Waals surface area contributed by atoms with E-state index in [9.17, 15) is 4.79 Å². The van der Waals surface area contributed by atoms with Gasteiger partial charge in [0.05, 0.1) is 22.7 Å². The highest BCUT2D eigenvalue weighted by Gasteiger charge is 2.32. The number of carbonyl (C=O) groups excluding carboxylic acids is 1. The Hall–Kier alpha value is -3.47. The maximum Gasteiger partial charge on any atom is 0.262 e. The second kappa shape index (κ2) is 7.75. The molecule has 154 valence electrons. The molecular formula is C25H28N4O. The van der Waals surface area contributed by atoms with E-state index in [2.05, 4.69) is 58.0 Å². The first-order valence-electron chi connectivity index (χ1n) is 10.2. The molecule has 4 rings (SSSR count). The standard InChI is InChI=1S/C25H28N4O/c1-6-28-23-16-19(26(2)3)12-14-21(23)29(25(30)18-10-8-7-9-11-18)22-15-13-20(27(4)5)17-24(22)28/h7-17H,6H2,1-5H3. The van der Waals surface area contributed by atoms with Crippen LogP contribution in [0.3, 0.4) is 0 Å². The Bertz CT molecular complexity index is 1020. The fraction of sp³-hybridized carbons (Fsp3) is 0.240. The molecule has 0 saturated heterocycles. The minimum atomic E-state index is -0.0240. The molecule has 30 heavy (non-hydrogen) atoms. The highest BCUT2D eigenvalue weighted by molar-refractivity contribution is 6.16. The smallest absolute Gasteiger partial charge is 0.262 e. The van der Waals surface area contributed by atoms with Crippen LogP contribution in [0.1, 0.15) is 17.3 Å². The Labute approximate surface area is 178 Å². The van der Waals surface area contributed by atoms with Crippen molar-refractivity contribution in [1.82, 2.24) is 0 Å². The zero-order chi connectivity index (χ0) is 21.4. The van der Waals surface area contributed by atoms with Crippen molar-refractivity contribution in [2.75, 3.05) is 54.3 Å². The fourth-order valence-corrected chi connectivity index (χ4v) is 3.92. The first kappa shape index (κ1) is 19.8. The topological polar surface area (TPSA) is 30.0 Å². The van der Waals surface area contributed by atoms with Gasteiger partial charge in [-0.1, -0.05) is 18.2 Å². The molecule has 0 saturated carbocycles. The molecule has 1 amide bonds. The van der Waals surface area contributed by atoms with Crippen LogP contribution >= 0.6 is 0 Å². The fourth-order valence-electron chi connectivity index (χ4n) is 3.92. The molecule has 1 aliphatic heterocycles. The highest BCUT2D eigenvalue weighted by atomic mass is 16.2. The van der Waals surface area contributed by atoms with E-state index in [0.717, 1.165) is 40.7 Å². The van der Waals surface area contributed by atoms with Gasteiger partial charge in [0.1, 0.15) is 0 Å². The van der Waals surface area contributed by atoms with E-state index in [-0.39, 0.29) is 5.91 Å². The molecule has 5 heteroatoms. The molecule has 0 bridgehead atoms. The van der Waals surface area contributed by atoms with Crippen LogP contribution in [0.25, 0.3) is 0 Å². The average Bonchev–Trinajstić information content (AvgIpc) is 2.76. The predicted octanol–water partition coefficient (Wildman–Crippen LogP) is 5.27. The molecular weight excluding hydrogens is 372 g/mol. The maximum atomic E-state index is 13.6. The summed E-state index contributed by atoms with van der Waals surface area (Å²) >= 11 is 0. The number of benzene rings is 3. The molecule has 3 aromatic carbocycles. The van der Waals surface area contributed by atoms with Crippen molar-refractivity contribution in [2.45, 2.75) is 6.92 Å². The van der Waals surface area contributed by atoms with Gasteiger partial charge in [0.15, 0.2) is 0 Å². The van der Waals surface area contributed by atoms with E-state index in [1.807, 2.05) is 63.4 Å². The van der Waals surface area contributed by atoms with Crippen molar-refractivity contribution < 1.29 is 4.79 Å². The maximum absolute atomic E-state index is 13.6. The number of hydrogen-bond acceptors (Lipinski definition) is 4. The summed E-state index contributed by atoms with van der Waals surface area (Å²) in [7, 11) is 8.13. The number of amides is 1. The van der Waals surface area contributed by atoms with Crippen LogP contribution in [-0.2, 0) is 0 Å². The Balaban J connectivity index is 1.96. The molecule has 0 fully saturated rings. The number of carbonyl (C=O) groups is 1. The third-order valence-electron chi connectivity index (χ3n) is 5.55. The molecule has 0 spiro atoms. The van der Waals surface area contributed by atoms with Crippen LogP contribution in [0, 0.1) is 0 Å². The lowest BCUT2D eigenvalue weighted by atomic mass is 10.0. The van der Waals surface area contributed by atoms with Gasteiger partial charge in [-0.2, -0.15) is 0 Å². The molecule has 0 radical (unpaired) electrons. The van der Waals surface area contributed by atoms with Crippen LogP contribution in [0.2, 0.25) is 0 Å². The van der Waals surface area contributed by atoms with Gasteiger partial charge in [0.2, 0.25) is 0 Å². The normalized spacial score (nSPS) is 12.3. The van der Waals surface area contributed by atoms with Gasteiger partial charge in [-0.15, -0.1) is 0 Å².